The van der Waals surface area contributed by atoms with Gasteiger partial charge in [0.25, 0.3) is 0 Å². The number of hydrogen-bond donors (Lipinski definition) is 2. The molecule has 0 spiro atoms. The summed E-state index contributed by atoms with van der Waals surface area (Å²) < 4.78 is 3.08. The monoisotopic (exact) mass is 536 g/mol. The lowest BCUT2D eigenvalue weighted by atomic mass is 10.1. The molecule has 0 aliphatic heterocycles. The molecule has 4 aromatic rings. The third-order valence-electron chi connectivity index (χ3n) is 6.40. The molecule has 9 heteroatoms. The minimum Gasteiger partial charge on any atom is -0.364 e. The Balaban J connectivity index is 1.09. The average molecular weight is 538 g/mol. The molecule has 2 N–H and O–H groups in total. The molecule has 2 atom stereocenters. The predicted octanol–water partition coefficient (Wildman–Crippen LogP) is 5.77. The van der Waals surface area contributed by atoms with Gasteiger partial charge in [-0.3, -0.25) is 4.79 Å². The highest BCUT2D eigenvalue weighted by molar-refractivity contribution is 9.10. The number of benzene rings is 1. The van der Waals surface area contributed by atoms with Crippen LogP contribution in [0.15, 0.2) is 59.6 Å². The summed E-state index contributed by atoms with van der Waals surface area (Å²) in [5.41, 5.74) is 4.25. The molecule has 7 nitrogen and oxygen atoms in total. The van der Waals surface area contributed by atoms with Gasteiger partial charge in [0.1, 0.15) is 18.0 Å². The normalized spacial score (nSPS) is 19.2. The Morgan fingerprint density at radius 3 is 2.79 bits per heavy atom. The minimum atomic E-state index is -0.0678. The fourth-order valence-corrected chi connectivity index (χ4v) is 5.12. The summed E-state index contributed by atoms with van der Waals surface area (Å²) in [6.45, 7) is 0.511. The Kier molecular flexibility index (Phi) is 5.50. The van der Waals surface area contributed by atoms with Crippen molar-refractivity contribution in [2.45, 2.75) is 37.6 Å². The Morgan fingerprint density at radius 2 is 1.97 bits per heavy atom. The van der Waals surface area contributed by atoms with Crippen LogP contribution in [0.1, 0.15) is 47.9 Å². The number of aromatic nitrogens is 4. The van der Waals surface area contributed by atoms with Gasteiger partial charge in [0, 0.05) is 29.4 Å². The first-order chi connectivity index (χ1) is 16.5. The van der Waals surface area contributed by atoms with Gasteiger partial charge in [0.05, 0.1) is 16.7 Å². The van der Waals surface area contributed by atoms with Crippen LogP contribution in [0.4, 0.5) is 11.6 Å². The third-order valence-corrected chi connectivity index (χ3v) is 7.22. The van der Waals surface area contributed by atoms with Gasteiger partial charge in [0.2, 0.25) is 5.91 Å². The molecule has 0 radical (unpaired) electrons. The SMILES string of the molecule is O=C(Nc1cc(NCc2cn3cc(C4CC4)cc(Br)c3n2)ncn1)C1CC1c1cccc(Cl)c1. The van der Waals surface area contributed by atoms with Crippen molar-refractivity contribution in [2.24, 2.45) is 5.92 Å². The van der Waals surface area contributed by atoms with E-state index in [1.807, 2.05) is 30.5 Å². The summed E-state index contributed by atoms with van der Waals surface area (Å²) in [4.78, 5) is 25.9. The van der Waals surface area contributed by atoms with E-state index < -0.39 is 0 Å². The predicted molar refractivity (Wildman–Crippen MR) is 135 cm³/mol. The second kappa shape index (κ2) is 8.67. The summed E-state index contributed by atoms with van der Waals surface area (Å²) in [7, 11) is 0. The van der Waals surface area contributed by atoms with Gasteiger partial charge in [-0.05, 0) is 76.4 Å². The van der Waals surface area contributed by atoms with Crippen LogP contribution in [0.3, 0.4) is 0 Å². The number of nitrogens with zero attached hydrogens (tertiary/aromatic N) is 4. The molecule has 1 amide bonds. The van der Waals surface area contributed by atoms with E-state index in [4.69, 9.17) is 16.6 Å². The van der Waals surface area contributed by atoms with Crippen LogP contribution < -0.4 is 10.6 Å². The highest BCUT2D eigenvalue weighted by Crippen LogP contribution is 2.48. The molecule has 2 unspecified atom stereocenters. The zero-order chi connectivity index (χ0) is 23.2. The zero-order valence-corrected chi connectivity index (χ0v) is 20.6. The Bertz CT molecular complexity index is 1400. The number of halogens is 2. The molecule has 2 aliphatic carbocycles. The Labute approximate surface area is 210 Å². The molecule has 2 aliphatic rings. The van der Waals surface area contributed by atoms with Crippen LogP contribution in [0.25, 0.3) is 5.65 Å². The van der Waals surface area contributed by atoms with E-state index >= 15 is 0 Å². The molecule has 0 bridgehead atoms. The van der Waals surface area contributed by atoms with Crippen molar-refractivity contribution < 1.29 is 4.79 Å². The van der Waals surface area contributed by atoms with E-state index in [0.29, 0.717) is 29.1 Å². The highest BCUT2D eigenvalue weighted by atomic mass is 79.9. The lowest BCUT2D eigenvalue weighted by Gasteiger charge is -2.07. The molecular formula is C25H22BrClN6O. The molecule has 2 fully saturated rings. The molecule has 34 heavy (non-hydrogen) atoms. The van der Waals surface area contributed by atoms with E-state index in [1.165, 1.54) is 24.7 Å². The fourth-order valence-electron chi connectivity index (χ4n) is 4.37. The van der Waals surface area contributed by atoms with Crippen LogP contribution in [-0.2, 0) is 11.3 Å². The van der Waals surface area contributed by atoms with Gasteiger partial charge in [-0.25, -0.2) is 15.0 Å². The number of hydrogen-bond acceptors (Lipinski definition) is 5. The summed E-state index contributed by atoms with van der Waals surface area (Å²) in [5.74, 6) is 1.88. The van der Waals surface area contributed by atoms with Crippen molar-refractivity contribution in [3.05, 3.63) is 81.4 Å². The minimum absolute atomic E-state index is 0.0358. The first kappa shape index (κ1) is 21.6. The van der Waals surface area contributed by atoms with Gasteiger partial charge in [-0.1, -0.05) is 23.7 Å². The molecule has 0 saturated heterocycles. The van der Waals surface area contributed by atoms with Crippen molar-refractivity contribution >= 4 is 50.7 Å². The number of rotatable bonds is 7. The molecule has 172 valence electrons. The van der Waals surface area contributed by atoms with Crippen molar-refractivity contribution in [2.75, 3.05) is 10.6 Å². The van der Waals surface area contributed by atoms with Crippen molar-refractivity contribution in [1.82, 2.24) is 19.4 Å². The number of fused-ring (bicyclic) bond motifs is 1. The van der Waals surface area contributed by atoms with E-state index in [1.54, 1.807) is 6.07 Å². The zero-order valence-electron chi connectivity index (χ0n) is 18.2. The maximum absolute atomic E-state index is 12.7. The third kappa shape index (κ3) is 4.52. The molecule has 2 saturated carbocycles. The van der Waals surface area contributed by atoms with Crippen LogP contribution >= 0.6 is 27.5 Å². The Morgan fingerprint density at radius 1 is 1.12 bits per heavy atom. The van der Waals surface area contributed by atoms with Gasteiger partial charge < -0.3 is 15.0 Å². The van der Waals surface area contributed by atoms with Crippen molar-refractivity contribution in [1.29, 1.82) is 0 Å². The molecule has 3 aromatic heterocycles. The van der Waals surface area contributed by atoms with Crippen LogP contribution in [0.2, 0.25) is 5.02 Å². The second-order valence-corrected chi connectivity index (χ2v) is 10.3. The fraction of sp³-hybridized carbons (Fsp3) is 0.280. The summed E-state index contributed by atoms with van der Waals surface area (Å²) in [6, 6.07) is 11.6. The summed E-state index contributed by atoms with van der Waals surface area (Å²) in [5, 5.41) is 6.89. The molecular weight excluding hydrogens is 516 g/mol. The smallest absolute Gasteiger partial charge is 0.229 e. The van der Waals surface area contributed by atoms with E-state index in [-0.39, 0.29) is 17.7 Å². The maximum Gasteiger partial charge on any atom is 0.229 e. The maximum atomic E-state index is 12.7. The Hall–Kier alpha value is -2.97. The quantitative estimate of drug-likeness (QED) is 0.313. The second-order valence-electron chi connectivity index (χ2n) is 8.99. The number of carbonyl (C=O) groups is 1. The van der Waals surface area contributed by atoms with Gasteiger partial charge in [-0.15, -0.1) is 0 Å². The van der Waals surface area contributed by atoms with Gasteiger partial charge in [-0.2, -0.15) is 0 Å². The highest BCUT2D eigenvalue weighted by Gasteiger charge is 2.44. The van der Waals surface area contributed by atoms with Crippen LogP contribution in [0.5, 0.6) is 0 Å². The number of nitrogens with one attached hydrogen (secondary N) is 2. The van der Waals surface area contributed by atoms with Gasteiger partial charge in [0.15, 0.2) is 5.65 Å². The summed E-state index contributed by atoms with van der Waals surface area (Å²) in [6.07, 6.45) is 8.98. The number of pyridine rings is 1. The van der Waals surface area contributed by atoms with E-state index in [2.05, 4.69) is 53.2 Å². The first-order valence-corrected chi connectivity index (χ1v) is 12.5. The lowest BCUT2D eigenvalue weighted by Crippen LogP contribution is -2.16. The number of anilines is 2. The standard InChI is InChI=1S/C25H22BrClN6O/c26-21-7-16(14-4-5-14)11-33-12-18(31-24(21)33)10-28-22-9-23(30-13-29-22)32-25(34)20-8-19(20)15-2-1-3-17(27)6-15/h1-3,6-7,9,11-14,19-20H,4-5,8,10H2,(H2,28,29,30,32,34). The molecule has 1 aromatic carbocycles. The average Bonchev–Trinajstić information content (AvgIpc) is 3.74. The van der Waals surface area contributed by atoms with Crippen molar-refractivity contribution in [3.8, 4) is 0 Å². The largest absolute Gasteiger partial charge is 0.364 e. The lowest BCUT2D eigenvalue weighted by molar-refractivity contribution is -0.117. The molecule has 6 rings (SSSR count). The van der Waals surface area contributed by atoms with Crippen molar-refractivity contribution in [3.63, 3.8) is 0 Å². The van der Waals surface area contributed by atoms with Crippen LogP contribution in [0, 0.1) is 5.92 Å². The number of amides is 1. The van der Waals surface area contributed by atoms with Gasteiger partial charge >= 0.3 is 0 Å². The summed E-state index contributed by atoms with van der Waals surface area (Å²) >= 11 is 9.74. The number of imidazole rings is 1. The van der Waals surface area contributed by atoms with E-state index in [9.17, 15) is 4.79 Å². The van der Waals surface area contributed by atoms with Crippen LogP contribution in [-0.4, -0.2) is 25.3 Å². The van der Waals surface area contributed by atoms with E-state index in [0.717, 1.165) is 27.8 Å². The molecule has 3 heterocycles. The first-order valence-electron chi connectivity index (χ1n) is 11.3. The topological polar surface area (TPSA) is 84.2 Å². The number of carbonyl (C=O) groups excluding carboxylic acids is 1.